The predicted octanol–water partition coefficient (Wildman–Crippen LogP) is 1.55. The molecule has 0 aromatic rings. The predicted molar refractivity (Wildman–Crippen MR) is 61.3 cm³/mol. The van der Waals surface area contributed by atoms with Crippen LogP contribution in [0.15, 0.2) is 0 Å². The number of nitrogens with zero attached hydrogens (tertiary/aromatic N) is 1. The van der Waals surface area contributed by atoms with Crippen LogP contribution >= 0.6 is 11.8 Å². The molecule has 2 nitrogen and oxygen atoms in total. The summed E-state index contributed by atoms with van der Waals surface area (Å²) >= 11 is 1.94. The Morgan fingerprint density at radius 2 is 2.08 bits per heavy atom. The second-order valence-corrected chi connectivity index (χ2v) is 4.75. The third-order valence-electron chi connectivity index (χ3n) is 2.81. The van der Waals surface area contributed by atoms with Crippen LogP contribution in [0.1, 0.15) is 25.7 Å². The molecule has 0 aromatic heterocycles. The Hall–Kier alpha value is 0.270. The minimum atomic E-state index is 0.662. The summed E-state index contributed by atoms with van der Waals surface area (Å²) in [6, 6.07) is 0.662. The first-order valence-corrected chi connectivity index (χ1v) is 6.71. The van der Waals surface area contributed by atoms with Crippen LogP contribution in [0.4, 0.5) is 0 Å². The van der Waals surface area contributed by atoms with Crippen molar-refractivity contribution in [2.75, 3.05) is 31.6 Å². The number of rotatable bonds is 6. The van der Waals surface area contributed by atoms with Gasteiger partial charge >= 0.3 is 0 Å². The van der Waals surface area contributed by atoms with Gasteiger partial charge in [0.15, 0.2) is 0 Å². The Morgan fingerprint density at radius 1 is 1.38 bits per heavy atom. The van der Waals surface area contributed by atoms with E-state index in [0.717, 1.165) is 6.54 Å². The van der Waals surface area contributed by atoms with Crippen LogP contribution in [0, 0.1) is 0 Å². The molecule has 0 aromatic carbocycles. The van der Waals surface area contributed by atoms with Gasteiger partial charge in [-0.15, -0.1) is 0 Å². The Morgan fingerprint density at radius 3 is 2.62 bits per heavy atom. The van der Waals surface area contributed by atoms with E-state index in [9.17, 15) is 0 Å². The Kier molecular flexibility index (Phi) is 5.83. The first-order chi connectivity index (χ1) is 6.38. The van der Waals surface area contributed by atoms with Crippen molar-refractivity contribution in [1.29, 1.82) is 0 Å². The molecule has 78 valence electrons. The molecule has 13 heavy (non-hydrogen) atoms. The molecule has 0 saturated carbocycles. The largest absolute Gasteiger partial charge is 0.329 e. The summed E-state index contributed by atoms with van der Waals surface area (Å²) in [5, 5.41) is 0. The third kappa shape index (κ3) is 3.88. The molecule has 2 N–H and O–H groups in total. The van der Waals surface area contributed by atoms with Gasteiger partial charge in [-0.05, 0) is 50.8 Å². The van der Waals surface area contributed by atoms with Crippen molar-refractivity contribution < 1.29 is 0 Å². The van der Waals surface area contributed by atoms with Crippen molar-refractivity contribution >= 4 is 11.8 Å². The zero-order valence-electron chi connectivity index (χ0n) is 8.67. The van der Waals surface area contributed by atoms with Crippen molar-refractivity contribution in [2.24, 2.45) is 5.73 Å². The van der Waals surface area contributed by atoms with Crippen LogP contribution in [0.3, 0.4) is 0 Å². The lowest BCUT2D eigenvalue weighted by molar-refractivity contribution is 0.235. The summed E-state index contributed by atoms with van der Waals surface area (Å²) in [5.74, 6) is 1.28. The monoisotopic (exact) mass is 202 g/mol. The third-order valence-corrected chi connectivity index (χ3v) is 3.51. The van der Waals surface area contributed by atoms with Crippen LogP contribution < -0.4 is 5.73 Å². The molecular formula is C10H22N2S. The highest BCUT2D eigenvalue weighted by molar-refractivity contribution is 7.98. The van der Waals surface area contributed by atoms with E-state index in [2.05, 4.69) is 11.2 Å². The summed E-state index contributed by atoms with van der Waals surface area (Å²) in [4.78, 5) is 2.57. The van der Waals surface area contributed by atoms with Crippen LogP contribution in [0.2, 0.25) is 0 Å². The summed E-state index contributed by atoms with van der Waals surface area (Å²) in [6.45, 7) is 3.40. The molecule has 1 heterocycles. The Bertz CT molecular complexity index is 124. The van der Waals surface area contributed by atoms with Gasteiger partial charge in [0, 0.05) is 12.6 Å². The van der Waals surface area contributed by atoms with Crippen molar-refractivity contribution in [2.45, 2.75) is 31.7 Å². The fourth-order valence-corrected chi connectivity index (χ4v) is 2.47. The van der Waals surface area contributed by atoms with Gasteiger partial charge in [-0.3, -0.25) is 4.90 Å². The molecule has 0 radical (unpaired) electrons. The van der Waals surface area contributed by atoms with Crippen LogP contribution in [-0.4, -0.2) is 42.6 Å². The Labute approximate surface area is 86.2 Å². The topological polar surface area (TPSA) is 29.3 Å². The lowest BCUT2D eigenvalue weighted by atomic mass is 10.1. The fraction of sp³-hybridized carbons (Fsp3) is 1.00. The number of thioether (sulfide) groups is 1. The van der Waals surface area contributed by atoms with Crippen LogP contribution in [0.5, 0.6) is 0 Å². The molecular weight excluding hydrogens is 180 g/mol. The number of nitrogens with two attached hydrogens (primary N) is 1. The minimum absolute atomic E-state index is 0.662. The van der Waals surface area contributed by atoms with Gasteiger partial charge in [-0.1, -0.05) is 0 Å². The molecule has 0 bridgehead atoms. The summed E-state index contributed by atoms with van der Waals surface area (Å²) in [5.41, 5.74) is 5.79. The van der Waals surface area contributed by atoms with Crippen molar-refractivity contribution in [3.8, 4) is 0 Å². The summed E-state index contributed by atoms with van der Waals surface area (Å²) in [7, 11) is 0. The van der Waals surface area contributed by atoms with Gasteiger partial charge in [0.05, 0.1) is 0 Å². The van der Waals surface area contributed by atoms with E-state index >= 15 is 0 Å². The SMILES string of the molecule is CSCCCC(CN)N1CCCC1. The van der Waals surface area contributed by atoms with Gasteiger partial charge in [0.25, 0.3) is 0 Å². The molecule has 1 rings (SSSR count). The zero-order chi connectivity index (χ0) is 9.52. The van der Waals surface area contributed by atoms with E-state index in [-0.39, 0.29) is 0 Å². The molecule has 1 aliphatic rings. The van der Waals surface area contributed by atoms with E-state index in [0.29, 0.717) is 6.04 Å². The minimum Gasteiger partial charge on any atom is -0.329 e. The van der Waals surface area contributed by atoms with Crippen molar-refractivity contribution in [3.63, 3.8) is 0 Å². The lowest BCUT2D eigenvalue weighted by Crippen LogP contribution is -2.38. The van der Waals surface area contributed by atoms with E-state index in [1.807, 2.05) is 11.8 Å². The second kappa shape index (κ2) is 6.68. The molecule has 3 heteroatoms. The van der Waals surface area contributed by atoms with Gasteiger partial charge in [-0.25, -0.2) is 0 Å². The first kappa shape index (κ1) is 11.3. The number of hydrogen-bond donors (Lipinski definition) is 1. The highest BCUT2D eigenvalue weighted by Crippen LogP contribution is 2.15. The number of likely N-dealkylation sites (tertiary alicyclic amines) is 1. The normalized spacial score (nSPS) is 20.8. The zero-order valence-corrected chi connectivity index (χ0v) is 9.48. The Balaban J connectivity index is 2.16. The molecule has 1 saturated heterocycles. The lowest BCUT2D eigenvalue weighted by Gasteiger charge is -2.25. The molecule has 0 aliphatic carbocycles. The average molecular weight is 202 g/mol. The summed E-state index contributed by atoms with van der Waals surface area (Å²) < 4.78 is 0. The standard InChI is InChI=1S/C10H22N2S/c1-13-8-4-5-10(9-11)12-6-2-3-7-12/h10H,2-9,11H2,1H3. The molecule has 1 aliphatic heterocycles. The van der Waals surface area contributed by atoms with Crippen LogP contribution in [0.25, 0.3) is 0 Å². The quantitative estimate of drug-likeness (QED) is 0.663. The molecule has 0 spiro atoms. The molecule has 0 amide bonds. The van der Waals surface area contributed by atoms with Crippen LogP contribution in [-0.2, 0) is 0 Å². The van der Waals surface area contributed by atoms with E-state index < -0.39 is 0 Å². The number of hydrogen-bond acceptors (Lipinski definition) is 3. The first-order valence-electron chi connectivity index (χ1n) is 5.31. The van der Waals surface area contributed by atoms with Gasteiger partial charge in [0.2, 0.25) is 0 Å². The maximum atomic E-state index is 5.79. The molecule has 1 fully saturated rings. The fourth-order valence-electron chi connectivity index (χ4n) is 2.02. The molecule has 1 unspecified atom stereocenters. The van der Waals surface area contributed by atoms with E-state index in [1.54, 1.807) is 0 Å². The van der Waals surface area contributed by atoms with Gasteiger partial charge in [-0.2, -0.15) is 11.8 Å². The maximum Gasteiger partial charge on any atom is 0.0218 e. The van der Waals surface area contributed by atoms with Gasteiger partial charge < -0.3 is 5.73 Å². The van der Waals surface area contributed by atoms with E-state index in [1.165, 1.54) is 44.5 Å². The van der Waals surface area contributed by atoms with E-state index in [4.69, 9.17) is 5.73 Å². The smallest absolute Gasteiger partial charge is 0.0218 e. The highest BCUT2D eigenvalue weighted by Gasteiger charge is 2.19. The van der Waals surface area contributed by atoms with Crippen molar-refractivity contribution in [1.82, 2.24) is 4.90 Å². The van der Waals surface area contributed by atoms with Crippen molar-refractivity contribution in [3.05, 3.63) is 0 Å². The molecule has 1 atom stereocenters. The maximum absolute atomic E-state index is 5.79. The second-order valence-electron chi connectivity index (χ2n) is 3.77. The highest BCUT2D eigenvalue weighted by atomic mass is 32.2. The summed E-state index contributed by atoms with van der Waals surface area (Å²) in [6.07, 6.45) is 7.53. The van der Waals surface area contributed by atoms with Gasteiger partial charge in [0.1, 0.15) is 0 Å². The average Bonchev–Trinajstić information content (AvgIpc) is 2.65.